The molecule has 0 saturated heterocycles. The highest BCUT2D eigenvalue weighted by Crippen LogP contribution is 2.29. The molecule has 27 heavy (non-hydrogen) atoms. The molecule has 0 unspecified atom stereocenters. The van der Waals surface area contributed by atoms with Crippen molar-refractivity contribution in [1.82, 2.24) is 10.3 Å². The highest BCUT2D eigenvalue weighted by molar-refractivity contribution is 5.94. The Hall–Kier alpha value is -3.35. The second-order valence-electron chi connectivity index (χ2n) is 6.23. The molecule has 0 bridgehead atoms. The van der Waals surface area contributed by atoms with E-state index in [1.54, 1.807) is 7.11 Å². The molecule has 0 saturated carbocycles. The van der Waals surface area contributed by atoms with Crippen molar-refractivity contribution in [2.75, 3.05) is 19.0 Å². The molecule has 7 heteroatoms. The van der Waals surface area contributed by atoms with E-state index in [4.69, 9.17) is 14.1 Å². The summed E-state index contributed by atoms with van der Waals surface area (Å²) in [4.78, 5) is 12.2. The Morgan fingerprint density at radius 2 is 1.74 bits per heavy atom. The van der Waals surface area contributed by atoms with Gasteiger partial charge in [0.05, 0.1) is 7.11 Å². The lowest BCUT2D eigenvalue weighted by atomic mass is 10.1. The number of hydrogen-bond donors (Lipinski definition) is 1. The minimum Gasteiger partial charge on any atom is -0.497 e. The summed E-state index contributed by atoms with van der Waals surface area (Å²) in [6.07, 6.45) is 0. The van der Waals surface area contributed by atoms with Crippen molar-refractivity contribution in [3.63, 3.8) is 0 Å². The minimum atomic E-state index is -0.351. The Labute approximate surface area is 157 Å². The van der Waals surface area contributed by atoms with Crippen LogP contribution in [-0.4, -0.2) is 29.9 Å². The highest BCUT2D eigenvalue weighted by Gasteiger charge is 2.17. The number of aromatic nitrogens is 2. The van der Waals surface area contributed by atoms with Gasteiger partial charge in [0.15, 0.2) is 12.3 Å². The molecule has 3 aromatic rings. The third-order valence-corrected chi connectivity index (χ3v) is 4.28. The Kier molecular flexibility index (Phi) is 5.40. The first-order chi connectivity index (χ1) is 13.0. The fourth-order valence-corrected chi connectivity index (χ4v) is 2.60. The van der Waals surface area contributed by atoms with Gasteiger partial charge in [0.25, 0.3) is 5.91 Å². The standard InChI is InChI=1S/C20H21N3O4/c1-12-5-6-16(9-13(12)2)26-11-18(24)21-20-19(22-27-23-20)17-8-7-15(25-4)10-14(17)3/h5-10H,11H2,1-4H3,(H,21,23,24). The number of anilines is 1. The van der Waals surface area contributed by atoms with Gasteiger partial charge in [0.1, 0.15) is 11.5 Å². The first kappa shape index (κ1) is 18.4. The topological polar surface area (TPSA) is 86.5 Å². The van der Waals surface area contributed by atoms with Crippen LogP contribution >= 0.6 is 0 Å². The van der Waals surface area contributed by atoms with Crippen LogP contribution in [0.1, 0.15) is 16.7 Å². The number of hydrogen-bond acceptors (Lipinski definition) is 6. The van der Waals surface area contributed by atoms with E-state index in [9.17, 15) is 4.79 Å². The molecule has 0 aliphatic heterocycles. The fraction of sp³-hybridized carbons (Fsp3) is 0.250. The molecule has 0 aliphatic rings. The number of amides is 1. The number of ether oxygens (including phenoxy) is 2. The number of methoxy groups -OCH3 is 1. The van der Waals surface area contributed by atoms with Gasteiger partial charge < -0.3 is 14.8 Å². The lowest BCUT2D eigenvalue weighted by molar-refractivity contribution is -0.118. The number of rotatable bonds is 6. The Morgan fingerprint density at radius 1 is 1.00 bits per heavy atom. The van der Waals surface area contributed by atoms with Crippen LogP contribution in [-0.2, 0) is 4.79 Å². The van der Waals surface area contributed by atoms with E-state index in [-0.39, 0.29) is 18.3 Å². The summed E-state index contributed by atoms with van der Waals surface area (Å²) in [6, 6.07) is 11.2. The van der Waals surface area contributed by atoms with Crippen LogP contribution in [0.2, 0.25) is 0 Å². The molecule has 1 aromatic heterocycles. The molecule has 0 aliphatic carbocycles. The van der Waals surface area contributed by atoms with Gasteiger partial charge in [-0.1, -0.05) is 6.07 Å². The first-order valence-corrected chi connectivity index (χ1v) is 8.45. The summed E-state index contributed by atoms with van der Waals surface area (Å²) in [5.41, 5.74) is 4.44. The van der Waals surface area contributed by atoms with Gasteiger partial charge in [-0.3, -0.25) is 4.79 Å². The lowest BCUT2D eigenvalue weighted by Gasteiger charge is -2.09. The highest BCUT2D eigenvalue weighted by atomic mass is 16.6. The molecule has 0 spiro atoms. The number of carbonyl (C=O) groups is 1. The molecular weight excluding hydrogens is 346 g/mol. The van der Waals surface area contributed by atoms with E-state index in [2.05, 4.69) is 15.6 Å². The van der Waals surface area contributed by atoms with Gasteiger partial charge in [0, 0.05) is 5.56 Å². The van der Waals surface area contributed by atoms with E-state index in [1.165, 1.54) is 5.56 Å². The van der Waals surface area contributed by atoms with Crippen molar-refractivity contribution in [2.24, 2.45) is 0 Å². The molecule has 0 fully saturated rings. The van der Waals surface area contributed by atoms with Gasteiger partial charge in [0.2, 0.25) is 5.82 Å². The Balaban J connectivity index is 1.69. The van der Waals surface area contributed by atoms with Crippen LogP contribution in [0.3, 0.4) is 0 Å². The molecule has 1 heterocycles. The number of nitrogens with one attached hydrogen (secondary N) is 1. The second-order valence-corrected chi connectivity index (χ2v) is 6.23. The molecule has 0 atom stereocenters. The zero-order valence-corrected chi connectivity index (χ0v) is 15.7. The smallest absolute Gasteiger partial charge is 0.263 e. The number of benzene rings is 2. The SMILES string of the molecule is COc1ccc(-c2nonc2NC(=O)COc2ccc(C)c(C)c2)c(C)c1. The van der Waals surface area contributed by atoms with Gasteiger partial charge in [-0.2, -0.15) is 0 Å². The predicted molar refractivity (Wildman–Crippen MR) is 101 cm³/mol. The van der Waals surface area contributed by atoms with Gasteiger partial charge in [-0.25, -0.2) is 4.63 Å². The third-order valence-electron chi connectivity index (χ3n) is 4.28. The zero-order valence-electron chi connectivity index (χ0n) is 15.7. The van der Waals surface area contributed by atoms with E-state index < -0.39 is 0 Å². The lowest BCUT2D eigenvalue weighted by Crippen LogP contribution is -2.20. The van der Waals surface area contributed by atoms with E-state index in [0.717, 1.165) is 22.4 Å². The molecule has 2 aromatic carbocycles. The molecule has 1 N–H and O–H groups in total. The summed E-state index contributed by atoms with van der Waals surface area (Å²) in [5.74, 6) is 1.27. The van der Waals surface area contributed by atoms with E-state index >= 15 is 0 Å². The second kappa shape index (κ2) is 7.90. The summed E-state index contributed by atoms with van der Waals surface area (Å²) in [7, 11) is 1.60. The van der Waals surface area contributed by atoms with E-state index in [1.807, 2.05) is 57.2 Å². The summed E-state index contributed by atoms with van der Waals surface area (Å²) >= 11 is 0. The van der Waals surface area contributed by atoms with Crippen molar-refractivity contribution < 1.29 is 18.9 Å². The number of aryl methyl sites for hydroxylation is 3. The van der Waals surface area contributed by atoms with E-state index in [0.29, 0.717) is 11.4 Å². The van der Waals surface area contributed by atoms with Gasteiger partial charge in [-0.15, -0.1) is 0 Å². The minimum absolute atomic E-state index is 0.142. The third kappa shape index (κ3) is 4.25. The molecule has 3 rings (SSSR count). The monoisotopic (exact) mass is 367 g/mol. The Bertz CT molecular complexity index is 966. The fourth-order valence-electron chi connectivity index (χ4n) is 2.60. The molecular formula is C20H21N3O4. The summed E-state index contributed by atoms with van der Waals surface area (Å²) < 4.78 is 15.6. The molecule has 7 nitrogen and oxygen atoms in total. The van der Waals surface area contributed by atoms with Crippen molar-refractivity contribution in [3.05, 3.63) is 53.1 Å². The normalized spacial score (nSPS) is 10.5. The zero-order chi connectivity index (χ0) is 19.4. The van der Waals surface area contributed by atoms with Crippen LogP contribution in [0.4, 0.5) is 5.82 Å². The van der Waals surface area contributed by atoms with Crippen molar-refractivity contribution in [3.8, 4) is 22.8 Å². The number of nitrogens with zero attached hydrogens (tertiary/aromatic N) is 2. The quantitative estimate of drug-likeness (QED) is 0.715. The maximum Gasteiger partial charge on any atom is 0.263 e. The van der Waals surface area contributed by atoms with Crippen LogP contribution in [0.5, 0.6) is 11.5 Å². The summed E-state index contributed by atoms with van der Waals surface area (Å²) in [6.45, 7) is 5.79. The van der Waals surface area contributed by atoms with Crippen LogP contribution in [0.15, 0.2) is 41.0 Å². The average molecular weight is 367 g/mol. The van der Waals surface area contributed by atoms with Crippen molar-refractivity contribution in [1.29, 1.82) is 0 Å². The largest absolute Gasteiger partial charge is 0.497 e. The van der Waals surface area contributed by atoms with Crippen molar-refractivity contribution in [2.45, 2.75) is 20.8 Å². The van der Waals surface area contributed by atoms with Gasteiger partial charge in [-0.05, 0) is 78.1 Å². The average Bonchev–Trinajstić information content (AvgIpc) is 3.10. The number of carbonyl (C=O) groups excluding carboxylic acids is 1. The Morgan fingerprint density at radius 3 is 2.44 bits per heavy atom. The predicted octanol–water partition coefficient (Wildman–Crippen LogP) is 3.69. The van der Waals surface area contributed by atoms with Crippen LogP contribution in [0, 0.1) is 20.8 Å². The summed E-state index contributed by atoms with van der Waals surface area (Å²) in [5, 5.41) is 10.4. The van der Waals surface area contributed by atoms with Crippen molar-refractivity contribution >= 4 is 11.7 Å². The van der Waals surface area contributed by atoms with Crippen LogP contribution < -0.4 is 14.8 Å². The maximum atomic E-state index is 12.2. The molecule has 1 amide bonds. The first-order valence-electron chi connectivity index (χ1n) is 8.45. The maximum absolute atomic E-state index is 12.2. The molecule has 140 valence electrons. The van der Waals surface area contributed by atoms with Gasteiger partial charge >= 0.3 is 0 Å². The van der Waals surface area contributed by atoms with Crippen LogP contribution in [0.25, 0.3) is 11.3 Å². The molecule has 0 radical (unpaired) electrons.